The summed E-state index contributed by atoms with van der Waals surface area (Å²) in [5, 5.41) is 11.6. The van der Waals surface area contributed by atoms with E-state index in [9.17, 15) is 14.7 Å². The molecule has 0 fully saturated rings. The maximum Gasteiger partial charge on any atom is 0.356 e. The van der Waals surface area contributed by atoms with Gasteiger partial charge in [-0.2, -0.15) is 0 Å². The number of aromatic nitrogens is 1. The van der Waals surface area contributed by atoms with Gasteiger partial charge in [0, 0.05) is 10.9 Å². The molecule has 0 atom stereocenters. The number of carbonyl (C=O) groups excluding carboxylic acids is 2. The fraction of sp³-hybridized carbons (Fsp3) is 0.375. The highest BCUT2D eigenvalue weighted by molar-refractivity contribution is 6.05. The summed E-state index contributed by atoms with van der Waals surface area (Å²) in [5.41, 5.74) is -1.12. The number of ether oxygens (including phenoxy) is 2. The van der Waals surface area contributed by atoms with Gasteiger partial charge in [0.1, 0.15) is 0 Å². The predicted molar refractivity (Wildman–Crippen MR) is 80.2 cm³/mol. The minimum atomic E-state index is -2.50. The first-order valence-corrected chi connectivity index (χ1v) is 7.11. The van der Waals surface area contributed by atoms with Gasteiger partial charge in [0.2, 0.25) is 0 Å². The van der Waals surface area contributed by atoms with Crippen LogP contribution in [-0.2, 0) is 24.7 Å². The first-order valence-electron chi connectivity index (χ1n) is 7.11. The number of aliphatic hydroxyl groups is 1. The molecule has 1 aromatic carbocycles. The number of H-pyrrole nitrogens is 1. The molecule has 1 heterocycles. The maximum atomic E-state index is 12.2. The number of benzene rings is 1. The van der Waals surface area contributed by atoms with Crippen LogP contribution in [0, 0.1) is 6.92 Å². The largest absolute Gasteiger partial charge is 0.463 e. The third kappa shape index (κ3) is 2.46. The van der Waals surface area contributed by atoms with Crippen molar-refractivity contribution in [3.05, 3.63) is 35.5 Å². The number of aromatic amines is 1. The number of aryl methyl sites for hydroxylation is 1. The molecule has 22 heavy (non-hydrogen) atoms. The number of rotatable bonds is 5. The highest BCUT2D eigenvalue weighted by atomic mass is 16.6. The Morgan fingerprint density at radius 3 is 2.18 bits per heavy atom. The Balaban J connectivity index is 2.63. The molecule has 0 aliphatic rings. The zero-order chi connectivity index (χ0) is 16.3. The standard InChI is InChI=1S/C16H19NO5/c1-4-21-14(18)16(20,15(19)22-5-2)13-10(3)11-8-6-7-9-12(11)17-13/h6-9,17,20H,4-5H2,1-3H3. The lowest BCUT2D eigenvalue weighted by molar-refractivity contribution is -0.185. The number of nitrogens with one attached hydrogen (secondary N) is 1. The van der Waals surface area contributed by atoms with Gasteiger partial charge in [0.15, 0.2) is 0 Å². The van der Waals surface area contributed by atoms with Crippen molar-refractivity contribution < 1.29 is 24.2 Å². The minimum Gasteiger partial charge on any atom is -0.463 e. The number of carbonyl (C=O) groups is 2. The van der Waals surface area contributed by atoms with Crippen molar-refractivity contribution in [2.45, 2.75) is 26.4 Å². The number of fused-ring (bicyclic) bond motifs is 1. The fourth-order valence-electron chi connectivity index (χ4n) is 2.40. The van der Waals surface area contributed by atoms with Gasteiger partial charge in [0.05, 0.1) is 18.9 Å². The van der Waals surface area contributed by atoms with Gasteiger partial charge in [-0.25, -0.2) is 9.59 Å². The maximum absolute atomic E-state index is 12.2. The third-order valence-corrected chi connectivity index (χ3v) is 3.47. The lowest BCUT2D eigenvalue weighted by atomic mass is 9.96. The molecule has 2 N–H and O–H groups in total. The van der Waals surface area contributed by atoms with E-state index in [0.717, 1.165) is 5.39 Å². The Morgan fingerprint density at radius 2 is 1.68 bits per heavy atom. The van der Waals surface area contributed by atoms with Crippen molar-refractivity contribution in [3.8, 4) is 0 Å². The Labute approximate surface area is 128 Å². The number of esters is 2. The Bertz CT molecular complexity index is 686. The molecule has 0 saturated heterocycles. The predicted octanol–water partition coefficient (Wildman–Crippen LogP) is 1.79. The van der Waals surface area contributed by atoms with Crippen LogP contribution in [-0.4, -0.2) is 35.2 Å². The molecule has 118 valence electrons. The Morgan fingerprint density at radius 1 is 1.14 bits per heavy atom. The molecule has 0 unspecified atom stereocenters. The van der Waals surface area contributed by atoms with Crippen LogP contribution in [0.1, 0.15) is 25.1 Å². The molecule has 0 saturated carbocycles. The highest BCUT2D eigenvalue weighted by Crippen LogP contribution is 2.32. The van der Waals surface area contributed by atoms with E-state index in [4.69, 9.17) is 9.47 Å². The lowest BCUT2D eigenvalue weighted by Crippen LogP contribution is -2.47. The lowest BCUT2D eigenvalue weighted by Gasteiger charge is -2.23. The molecule has 6 nitrogen and oxygen atoms in total. The van der Waals surface area contributed by atoms with E-state index in [0.29, 0.717) is 11.1 Å². The Kier molecular flexibility index (Phi) is 4.51. The second-order valence-corrected chi connectivity index (χ2v) is 4.82. The van der Waals surface area contributed by atoms with Crippen molar-refractivity contribution in [1.82, 2.24) is 4.98 Å². The van der Waals surface area contributed by atoms with Gasteiger partial charge in [-0.05, 0) is 32.4 Å². The first-order chi connectivity index (χ1) is 10.5. The molecule has 1 aromatic heterocycles. The van der Waals surface area contributed by atoms with E-state index in [-0.39, 0.29) is 18.9 Å². The molecule has 0 aliphatic heterocycles. The van der Waals surface area contributed by atoms with Crippen LogP contribution in [0.15, 0.2) is 24.3 Å². The summed E-state index contributed by atoms with van der Waals surface area (Å²) in [6.45, 7) is 5.00. The van der Waals surface area contributed by atoms with E-state index in [2.05, 4.69) is 4.98 Å². The molecular weight excluding hydrogens is 286 g/mol. The summed E-state index contributed by atoms with van der Waals surface area (Å²) in [4.78, 5) is 27.4. The summed E-state index contributed by atoms with van der Waals surface area (Å²) in [7, 11) is 0. The molecule has 0 bridgehead atoms. The van der Waals surface area contributed by atoms with Gasteiger partial charge in [-0.3, -0.25) is 0 Å². The van der Waals surface area contributed by atoms with Crippen molar-refractivity contribution in [2.75, 3.05) is 13.2 Å². The third-order valence-electron chi connectivity index (χ3n) is 3.47. The smallest absolute Gasteiger partial charge is 0.356 e. The van der Waals surface area contributed by atoms with Gasteiger partial charge in [-0.1, -0.05) is 18.2 Å². The topological polar surface area (TPSA) is 88.6 Å². The van der Waals surface area contributed by atoms with Crippen molar-refractivity contribution in [1.29, 1.82) is 0 Å². The zero-order valence-corrected chi connectivity index (χ0v) is 12.8. The second kappa shape index (κ2) is 6.19. The van der Waals surface area contributed by atoms with Crippen LogP contribution in [0.25, 0.3) is 10.9 Å². The van der Waals surface area contributed by atoms with E-state index < -0.39 is 17.5 Å². The highest BCUT2D eigenvalue weighted by Gasteiger charge is 2.51. The van der Waals surface area contributed by atoms with E-state index >= 15 is 0 Å². The van der Waals surface area contributed by atoms with Crippen LogP contribution >= 0.6 is 0 Å². The van der Waals surface area contributed by atoms with Crippen LogP contribution in [0.5, 0.6) is 0 Å². The number of hydrogen-bond acceptors (Lipinski definition) is 5. The average molecular weight is 305 g/mol. The molecule has 0 radical (unpaired) electrons. The summed E-state index contributed by atoms with van der Waals surface area (Å²) in [5.74, 6) is -2.11. The Hall–Kier alpha value is -2.34. The molecule has 2 aromatic rings. The van der Waals surface area contributed by atoms with E-state index in [1.54, 1.807) is 26.8 Å². The first kappa shape index (κ1) is 16.0. The van der Waals surface area contributed by atoms with Gasteiger partial charge < -0.3 is 19.6 Å². The van der Waals surface area contributed by atoms with Gasteiger partial charge in [-0.15, -0.1) is 0 Å². The van der Waals surface area contributed by atoms with E-state index in [1.807, 2.05) is 18.2 Å². The molecule has 2 rings (SSSR count). The summed E-state index contributed by atoms with van der Waals surface area (Å²) in [6, 6.07) is 7.28. The summed E-state index contributed by atoms with van der Waals surface area (Å²) < 4.78 is 9.74. The average Bonchev–Trinajstić information content (AvgIpc) is 2.85. The zero-order valence-electron chi connectivity index (χ0n) is 12.8. The molecule has 6 heteroatoms. The quantitative estimate of drug-likeness (QED) is 0.649. The number of hydrogen-bond donors (Lipinski definition) is 2. The SMILES string of the molecule is CCOC(=O)C(O)(C(=O)OCC)c1[nH]c2ccccc2c1C. The fourth-order valence-corrected chi connectivity index (χ4v) is 2.40. The van der Waals surface area contributed by atoms with Crippen LogP contribution in [0.3, 0.4) is 0 Å². The second-order valence-electron chi connectivity index (χ2n) is 4.82. The minimum absolute atomic E-state index is 0.0415. The number of para-hydroxylation sites is 1. The molecule has 0 amide bonds. The van der Waals surface area contributed by atoms with Crippen LogP contribution in [0.2, 0.25) is 0 Å². The molecular formula is C16H19NO5. The van der Waals surface area contributed by atoms with Crippen LogP contribution in [0.4, 0.5) is 0 Å². The van der Waals surface area contributed by atoms with Crippen molar-refractivity contribution in [3.63, 3.8) is 0 Å². The molecule has 0 spiro atoms. The van der Waals surface area contributed by atoms with Gasteiger partial charge >= 0.3 is 17.5 Å². The van der Waals surface area contributed by atoms with Crippen LogP contribution < -0.4 is 0 Å². The van der Waals surface area contributed by atoms with Crippen molar-refractivity contribution in [2.24, 2.45) is 0 Å². The summed E-state index contributed by atoms with van der Waals surface area (Å²) >= 11 is 0. The van der Waals surface area contributed by atoms with E-state index in [1.165, 1.54) is 0 Å². The summed E-state index contributed by atoms with van der Waals surface area (Å²) in [6.07, 6.45) is 0. The molecule has 0 aliphatic carbocycles. The van der Waals surface area contributed by atoms with Gasteiger partial charge in [0.25, 0.3) is 0 Å². The normalized spacial score (nSPS) is 11.5. The van der Waals surface area contributed by atoms with Crippen molar-refractivity contribution >= 4 is 22.8 Å². The monoisotopic (exact) mass is 305 g/mol.